The maximum Gasteiger partial charge on any atom is 0.269 e. The zero-order valence-electron chi connectivity index (χ0n) is 11.0. The number of aromatic nitrogens is 2. The molecule has 0 aliphatic carbocycles. The number of nitro benzene ring substituents is 1. The highest BCUT2D eigenvalue weighted by Crippen LogP contribution is 2.23. The third-order valence-electron chi connectivity index (χ3n) is 3.72. The summed E-state index contributed by atoms with van der Waals surface area (Å²) < 4.78 is 2.12. The molecule has 2 aromatic rings. The number of benzene rings is 1. The van der Waals surface area contributed by atoms with E-state index in [4.69, 9.17) is 0 Å². The number of imidazole rings is 1. The Morgan fingerprint density at radius 1 is 1.40 bits per heavy atom. The van der Waals surface area contributed by atoms with Crippen molar-refractivity contribution >= 4 is 5.69 Å². The summed E-state index contributed by atoms with van der Waals surface area (Å²) in [4.78, 5) is 14.5. The normalized spacial score (nSPS) is 18.3. The van der Waals surface area contributed by atoms with Crippen molar-refractivity contribution in [3.63, 3.8) is 0 Å². The number of rotatable bonds is 4. The van der Waals surface area contributed by atoms with Crippen LogP contribution in [0.15, 0.2) is 36.8 Å². The molecular formula is C14H16N4O2. The van der Waals surface area contributed by atoms with Gasteiger partial charge in [-0.2, -0.15) is 0 Å². The highest BCUT2D eigenvalue weighted by Gasteiger charge is 2.20. The van der Waals surface area contributed by atoms with Crippen molar-refractivity contribution in [2.45, 2.75) is 18.9 Å². The van der Waals surface area contributed by atoms with E-state index < -0.39 is 0 Å². The van der Waals surface area contributed by atoms with Crippen molar-refractivity contribution in [2.24, 2.45) is 0 Å². The van der Waals surface area contributed by atoms with Crippen molar-refractivity contribution < 1.29 is 4.92 Å². The lowest BCUT2D eigenvalue weighted by atomic mass is 10.1. The molecule has 1 aliphatic heterocycles. The van der Waals surface area contributed by atoms with Gasteiger partial charge >= 0.3 is 0 Å². The van der Waals surface area contributed by atoms with Gasteiger partial charge in [0.15, 0.2) is 0 Å². The van der Waals surface area contributed by atoms with Crippen LogP contribution in [0, 0.1) is 10.1 Å². The third-order valence-corrected chi connectivity index (χ3v) is 3.72. The van der Waals surface area contributed by atoms with Crippen molar-refractivity contribution in [3.05, 3.63) is 58.2 Å². The monoisotopic (exact) mass is 272 g/mol. The van der Waals surface area contributed by atoms with E-state index in [1.807, 2.05) is 12.5 Å². The highest BCUT2D eigenvalue weighted by molar-refractivity contribution is 5.33. The Labute approximate surface area is 116 Å². The average molecular weight is 272 g/mol. The van der Waals surface area contributed by atoms with Crippen molar-refractivity contribution in [2.75, 3.05) is 13.1 Å². The number of hydrogen-bond donors (Lipinski definition) is 1. The molecule has 1 aromatic carbocycles. The van der Waals surface area contributed by atoms with Gasteiger partial charge in [-0.1, -0.05) is 12.1 Å². The smallest absolute Gasteiger partial charge is 0.269 e. The third kappa shape index (κ3) is 2.55. The van der Waals surface area contributed by atoms with Gasteiger partial charge in [-0.15, -0.1) is 0 Å². The van der Waals surface area contributed by atoms with Crippen LogP contribution < -0.4 is 5.32 Å². The van der Waals surface area contributed by atoms with Gasteiger partial charge < -0.3 is 9.88 Å². The summed E-state index contributed by atoms with van der Waals surface area (Å²) in [7, 11) is 0. The Bertz CT molecular complexity index is 600. The van der Waals surface area contributed by atoms with Crippen molar-refractivity contribution in [1.29, 1.82) is 0 Å². The second-order valence-corrected chi connectivity index (χ2v) is 5.06. The van der Waals surface area contributed by atoms with Crippen LogP contribution in [0.25, 0.3) is 0 Å². The molecule has 2 heterocycles. The number of hydrogen-bond acceptors (Lipinski definition) is 4. The molecule has 6 nitrogen and oxygen atoms in total. The Morgan fingerprint density at radius 2 is 2.20 bits per heavy atom. The van der Waals surface area contributed by atoms with Gasteiger partial charge in [-0.25, -0.2) is 4.98 Å². The molecule has 1 fully saturated rings. The highest BCUT2D eigenvalue weighted by atomic mass is 16.6. The summed E-state index contributed by atoms with van der Waals surface area (Å²) in [6, 6.07) is 6.69. The topological polar surface area (TPSA) is 73.0 Å². The predicted molar refractivity (Wildman–Crippen MR) is 74.7 cm³/mol. The Balaban J connectivity index is 1.77. The molecular weight excluding hydrogens is 256 g/mol. The first-order valence-electron chi connectivity index (χ1n) is 6.68. The molecule has 1 unspecified atom stereocenters. The fraction of sp³-hybridized carbons (Fsp3) is 0.357. The van der Waals surface area contributed by atoms with Crippen LogP contribution in [-0.4, -0.2) is 27.6 Å². The zero-order valence-corrected chi connectivity index (χ0v) is 11.0. The first-order valence-corrected chi connectivity index (χ1v) is 6.68. The van der Waals surface area contributed by atoms with E-state index in [0.717, 1.165) is 25.1 Å². The maximum atomic E-state index is 10.6. The maximum absolute atomic E-state index is 10.6. The molecule has 0 saturated carbocycles. The molecule has 6 heteroatoms. The lowest BCUT2D eigenvalue weighted by molar-refractivity contribution is -0.384. The minimum absolute atomic E-state index is 0.125. The van der Waals surface area contributed by atoms with E-state index in [2.05, 4.69) is 14.9 Å². The Hall–Kier alpha value is -2.21. The van der Waals surface area contributed by atoms with Crippen LogP contribution in [0.2, 0.25) is 0 Å². The van der Waals surface area contributed by atoms with Crippen LogP contribution in [0.4, 0.5) is 5.69 Å². The Kier molecular flexibility index (Phi) is 3.47. The molecule has 1 atom stereocenters. The fourth-order valence-electron chi connectivity index (χ4n) is 2.63. The van der Waals surface area contributed by atoms with Crippen LogP contribution in [0.3, 0.4) is 0 Å². The van der Waals surface area contributed by atoms with Gasteiger partial charge in [0.25, 0.3) is 5.69 Å². The largest absolute Gasteiger partial charge is 0.330 e. The molecule has 0 bridgehead atoms. The molecule has 0 spiro atoms. The first-order chi connectivity index (χ1) is 9.74. The summed E-state index contributed by atoms with van der Waals surface area (Å²) in [5.41, 5.74) is 2.40. The SMILES string of the molecule is O=[N+]([O-])c1ccc(Cn2cncc2C2CCNC2)cc1. The van der Waals surface area contributed by atoms with Gasteiger partial charge in [0.1, 0.15) is 0 Å². The number of non-ortho nitro benzene ring substituents is 1. The van der Waals surface area contributed by atoms with Crippen LogP contribution in [0.5, 0.6) is 0 Å². The van der Waals surface area contributed by atoms with E-state index in [1.165, 1.54) is 5.69 Å². The number of nitrogens with one attached hydrogen (secondary N) is 1. The summed E-state index contributed by atoms with van der Waals surface area (Å²) in [6.45, 7) is 2.74. The van der Waals surface area contributed by atoms with Gasteiger partial charge in [0, 0.05) is 43.0 Å². The van der Waals surface area contributed by atoms with Crippen LogP contribution >= 0.6 is 0 Å². The molecule has 0 radical (unpaired) electrons. The van der Waals surface area contributed by atoms with E-state index in [-0.39, 0.29) is 10.6 Å². The lowest BCUT2D eigenvalue weighted by Crippen LogP contribution is -2.12. The summed E-state index contributed by atoms with van der Waals surface area (Å²) >= 11 is 0. The quantitative estimate of drug-likeness (QED) is 0.681. The van der Waals surface area contributed by atoms with E-state index in [9.17, 15) is 10.1 Å². The van der Waals surface area contributed by atoms with E-state index >= 15 is 0 Å². The van der Waals surface area contributed by atoms with Crippen LogP contribution in [-0.2, 0) is 6.54 Å². The van der Waals surface area contributed by atoms with Gasteiger partial charge in [-0.05, 0) is 18.5 Å². The second-order valence-electron chi connectivity index (χ2n) is 5.06. The first kappa shape index (κ1) is 12.8. The van der Waals surface area contributed by atoms with Crippen molar-refractivity contribution in [1.82, 2.24) is 14.9 Å². The van der Waals surface area contributed by atoms with E-state index in [0.29, 0.717) is 12.5 Å². The summed E-state index contributed by atoms with van der Waals surface area (Å²) in [6.07, 6.45) is 4.88. The molecule has 3 rings (SSSR count). The molecule has 1 aliphatic rings. The molecule has 104 valence electrons. The van der Waals surface area contributed by atoms with Gasteiger partial charge in [0.05, 0.1) is 11.3 Å². The minimum Gasteiger partial charge on any atom is -0.330 e. The van der Waals surface area contributed by atoms with Crippen molar-refractivity contribution in [3.8, 4) is 0 Å². The summed E-state index contributed by atoms with van der Waals surface area (Å²) in [5.74, 6) is 0.510. The number of nitrogens with zero attached hydrogens (tertiary/aromatic N) is 3. The standard InChI is InChI=1S/C14H16N4O2/c19-18(20)13-3-1-11(2-4-13)9-17-10-16-8-14(17)12-5-6-15-7-12/h1-4,8,10,12,15H,5-7,9H2. The molecule has 1 aromatic heterocycles. The molecule has 20 heavy (non-hydrogen) atoms. The summed E-state index contributed by atoms with van der Waals surface area (Å²) in [5, 5.41) is 14.0. The second kappa shape index (κ2) is 5.42. The fourth-order valence-corrected chi connectivity index (χ4v) is 2.63. The predicted octanol–water partition coefficient (Wildman–Crippen LogP) is 1.92. The Morgan fingerprint density at radius 3 is 2.85 bits per heavy atom. The zero-order chi connectivity index (χ0) is 13.9. The molecule has 0 amide bonds. The van der Waals surface area contributed by atoms with Crippen LogP contribution in [0.1, 0.15) is 23.6 Å². The van der Waals surface area contributed by atoms with Gasteiger partial charge in [0.2, 0.25) is 0 Å². The minimum atomic E-state index is -0.378. The lowest BCUT2D eigenvalue weighted by Gasteiger charge is -2.12. The molecule has 1 saturated heterocycles. The molecule has 1 N–H and O–H groups in total. The van der Waals surface area contributed by atoms with Gasteiger partial charge in [-0.3, -0.25) is 10.1 Å². The van der Waals surface area contributed by atoms with E-state index in [1.54, 1.807) is 24.3 Å². The number of nitro groups is 1. The average Bonchev–Trinajstić information content (AvgIpc) is 3.09.